The van der Waals surface area contributed by atoms with E-state index in [-0.39, 0.29) is 5.91 Å². The van der Waals surface area contributed by atoms with Crippen molar-refractivity contribution in [2.75, 3.05) is 11.9 Å². The van der Waals surface area contributed by atoms with Gasteiger partial charge in [-0.25, -0.2) is 0 Å². The molecule has 0 aromatic heterocycles. The summed E-state index contributed by atoms with van der Waals surface area (Å²) in [4.78, 5) is 13.8. The van der Waals surface area contributed by atoms with Gasteiger partial charge in [-0.15, -0.1) is 0 Å². The predicted octanol–water partition coefficient (Wildman–Crippen LogP) is 2.22. The summed E-state index contributed by atoms with van der Waals surface area (Å²) in [6.45, 7) is 0. The number of carbonyl (C=O) groups excluding carboxylic acids is 1. The zero-order valence-electron chi connectivity index (χ0n) is 11.2. The highest BCUT2D eigenvalue weighted by molar-refractivity contribution is 5.98. The van der Waals surface area contributed by atoms with E-state index in [1.165, 1.54) is 4.90 Å². The van der Waals surface area contributed by atoms with E-state index in [9.17, 15) is 4.79 Å². The summed E-state index contributed by atoms with van der Waals surface area (Å²) in [7, 11) is 1.63. The Morgan fingerprint density at radius 2 is 1.75 bits per heavy atom. The fourth-order valence-electron chi connectivity index (χ4n) is 1.99. The zero-order chi connectivity index (χ0) is 14.5. The normalized spacial score (nSPS) is 11.4. The molecule has 0 heterocycles. The van der Waals surface area contributed by atoms with Crippen LogP contribution in [0, 0.1) is 11.3 Å². The first-order valence-electron chi connectivity index (χ1n) is 6.22. The number of hydrogen-bond donors (Lipinski definition) is 1. The monoisotopic (exact) mass is 265 g/mol. The van der Waals surface area contributed by atoms with Gasteiger partial charge >= 0.3 is 0 Å². The molecule has 1 unspecified atom stereocenters. The fourth-order valence-corrected chi connectivity index (χ4v) is 1.99. The van der Waals surface area contributed by atoms with Gasteiger partial charge in [0.15, 0.2) is 0 Å². The van der Waals surface area contributed by atoms with Crippen molar-refractivity contribution in [2.24, 2.45) is 5.73 Å². The molecular formula is C16H15N3O. The first-order chi connectivity index (χ1) is 9.65. The van der Waals surface area contributed by atoms with Crippen molar-refractivity contribution >= 4 is 11.6 Å². The number of para-hydroxylation sites is 1. The van der Waals surface area contributed by atoms with Gasteiger partial charge in [0.05, 0.1) is 11.3 Å². The molecule has 1 atom stereocenters. The highest BCUT2D eigenvalue weighted by Gasteiger charge is 2.22. The summed E-state index contributed by atoms with van der Waals surface area (Å²) < 4.78 is 0. The van der Waals surface area contributed by atoms with Gasteiger partial charge in [0.1, 0.15) is 12.1 Å². The van der Waals surface area contributed by atoms with Crippen LogP contribution in [0.5, 0.6) is 0 Å². The van der Waals surface area contributed by atoms with Crippen molar-refractivity contribution < 1.29 is 4.79 Å². The molecule has 0 fully saturated rings. The van der Waals surface area contributed by atoms with Gasteiger partial charge in [-0.1, -0.05) is 42.5 Å². The largest absolute Gasteiger partial charge is 0.316 e. The van der Waals surface area contributed by atoms with E-state index in [0.29, 0.717) is 11.3 Å². The number of hydrogen-bond acceptors (Lipinski definition) is 3. The molecule has 0 aliphatic carbocycles. The summed E-state index contributed by atoms with van der Waals surface area (Å²) >= 11 is 0. The number of anilines is 1. The standard InChI is InChI=1S/C16H15N3O/c1-19(14-10-6-5-9-13(14)11-17)16(20)15(18)12-7-3-2-4-8-12/h2-10,15H,18H2,1H3. The van der Waals surface area contributed by atoms with Crippen LogP contribution in [0.4, 0.5) is 5.69 Å². The lowest BCUT2D eigenvalue weighted by atomic mass is 10.1. The minimum absolute atomic E-state index is 0.251. The maximum absolute atomic E-state index is 12.4. The van der Waals surface area contributed by atoms with Crippen LogP contribution in [0.25, 0.3) is 0 Å². The molecule has 0 bridgehead atoms. The van der Waals surface area contributed by atoms with Crippen LogP contribution in [0.1, 0.15) is 17.2 Å². The van der Waals surface area contributed by atoms with Gasteiger partial charge in [-0.2, -0.15) is 5.26 Å². The average molecular weight is 265 g/mol. The summed E-state index contributed by atoms with van der Waals surface area (Å²) in [6.07, 6.45) is 0. The molecular weight excluding hydrogens is 250 g/mol. The average Bonchev–Trinajstić information content (AvgIpc) is 2.53. The molecule has 2 aromatic carbocycles. The smallest absolute Gasteiger partial charge is 0.248 e. The minimum atomic E-state index is -0.743. The molecule has 100 valence electrons. The van der Waals surface area contributed by atoms with E-state index in [2.05, 4.69) is 6.07 Å². The lowest BCUT2D eigenvalue weighted by Crippen LogP contribution is -2.36. The minimum Gasteiger partial charge on any atom is -0.316 e. The van der Waals surface area contributed by atoms with Crippen LogP contribution in [0.15, 0.2) is 54.6 Å². The molecule has 0 saturated carbocycles. The second-order valence-electron chi connectivity index (χ2n) is 4.41. The molecule has 0 aliphatic heterocycles. The number of nitriles is 1. The Balaban J connectivity index is 2.27. The third-order valence-corrected chi connectivity index (χ3v) is 3.14. The molecule has 0 radical (unpaired) electrons. The Bertz CT molecular complexity index is 646. The van der Waals surface area contributed by atoms with E-state index in [4.69, 9.17) is 11.0 Å². The number of nitrogens with zero attached hydrogens (tertiary/aromatic N) is 2. The zero-order valence-corrected chi connectivity index (χ0v) is 11.2. The molecule has 1 amide bonds. The SMILES string of the molecule is CN(C(=O)C(N)c1ccccc1)c1ccccc1C#N. The topological polar surface area (TPSA) is 70.1 Å². The van der Waals surface area contributed by atoms with E-state index >= 15 is 0 Å². The van der Waals surface area contributed by atoms with E-state index < -0.39 is 6.04 Å². The summed E-state index contributed by atoms with van der Waals surface area (Å²) in [5.41, 5.74) is 7.75. The van der Waals surface area contributed by atoms with Gasteiger partial charge < -0.3 is 10.6 Å². The fraction of sp³-hybridized carbons (Fsp3) is 0.125. The van der Waals surface area contributed by atoms with Crippen LogP contribution < -0.4 is 10.6 Å². The Kier molecular flexibility index (Phi) is 4.14. The van der Waals surface area contributed by atoms with Gasteiger partial charge in [0.2, 0.25) is 5.91 Å². The predicted molar refractivity (Wildman–Crippen MR) is 77.9 cm³/mol. The highest BCUT2D eigenvalue weighted by atomic mass is 16.2. The number of benzene rings is 2. The van der Waals surface area contributed by atoms with Crippen molar-refractivity contribution in [1.82, 2.24) is 0 Å². The van der Waals surface area contributed by atoms with E-state index in [1.54, 1.807) is 31.3 Å². The third-order valence-electron chi connectivity index (χ3n) is 3.14. The molecule has 4 nitrogen and oxygen atoms in total. The van der Waals surface area contributed by atoms with Crippen molar-refractivity contribution in [1.29, 1.82) is 5.26 Å². The summed E-state index contributed by atoms with van der Waals surface area (Å²) in [5, 5.41) is 9.09. The van der Waals surface area contributed by atoms with Gasteiger partial charge in [0.25, 0.3) is 0 Å². The van der Waals surface area contributed by atoms with Crippen molar-refractivity contribution in [3.05, 3.63) is 65.7 Å². The third kappa shape index (κ3) is 2.68. The van der Waals surface area contributed by atoms with E-state index in [1.807, 2.05) is 30.3 Å². The van der Waals surface area contributed by atoms with Crippen LogP contribution in [-0.2, 0) is 4.79 Å². The molecule has 2 rings (SSSR count). The number of likely N-dealkylation sites (N-methyl/N-ethyl adjacent to an activating group) is 1. The first-order valence-corrected chi connectivity index (χ1v) is 6.22. The summed E-state index contributed by atoms with van der Waals surface area (Å²) in [5.74, 6) is -0.251. The number of nitrogens with two attached hydrogens (primary N) is 1. The molecule has 0 saturated heterocycles. The second kappa shape index (κ2) is 6.00. The van der Waals surface area contributed by atoms with Crippen LogP contribution in [-0.4, -0.2) is 13.0 Å². The van der Waals surface area contributed by atoms with Crippen molar-refractivity contribution in [2.45, 2.75) is 6.04 Å². The van der Waals surface area contributed by atoms with Crippen LogP contribution in [0.2, 0.25) is 0 Å². The Labute approximate surface area is 118 Å². The molecule has 4 heteroatoms. The van der Waals surface area contributed by atoms with Gasteiger partial charge in [-0.3, -0.25) is 4.79 Å². The highest BCUT2D eigenvalue weighted by Crippen LogP contribution is 2.21. The molecule has 2 N–H and O–H groups in total. The first kappa shape index (κ1) is 13.8. The van der Waals surface area contributed by atoms with Crippen molar-refractivity contribution in [3.8, 4) is 6.07 Å². The number of amides is 1. The number of rotatable bonds is 3. The van der Waals surface area contributed by atoms with Gasteiger partial charge in [0, 0.05) is 7.05 Å². The Hall–Kier alpha value is -2.64. The lowest BCUT2D eigenvalue weighted by molar-refractivity contribution is -0.119. The number of carbonyl (C=O) groups is 1. The molecule has 0 aliphatic rings. The van der Waals surface area contributed by atoms with E-state index in [0.717, 1.165) is 5.56 Å². The maximum Gasteiger partial charge on any atom is 0.248 e. The maximum atomic E-state index is 12.4. The molecule has 0 spiro atoms. The van der Waals surface area contributed by atoms with Crippen molar-refractivity contribution in [3.63, 3.8) is 0 Å². The molecule has 2 aromatic rings. The van der Waals surface area contributed by atoms with Crippen LogP contribution in [0.3, 0.4) is 0 Å². The van der Waals surface area contributed by atoms with Gasteiger partial charge in [-0.05, 0) is 17.7 Å². The second-order valence-corrected chi connectivity index (χ2v) is 4.41. The van der Waals surface area contributed by atoms with Crippen LogP contribution >= 0.6 is 0 Å². The Morgan fingerprint density at radius 3 is 2.40 bits per heavy atom. The molecule has 20 heavy (non-hydrogen) atoms. The Morgan fingerprint density at radius 1 is 1.15 bits per heavy atom. The quantitative estimate of drug-likeness (QED) is 0.925. The lowest BCUT2D eigenvalue weighted by Gasteiger charge is -2.22. The summed E-state index contributed by atoms with van der Waals surface area (Å²) in [6, 6.07) is 17.5.